The molecule has 1 aliphatic heterocycles. The highest BCUT2D eigenvalue weighted by molar-refractivity contribution is 5.78. The average molecular weight is 127 g/mol. The Morgan fingerprint density at radius 3 is 3.22 bits per heavy atom. The maximum atomic E-state index is 10.5. The Morgan fingerprint density at radius 2 is 2.44 bits per heavy atom. The first-order valence-electron chi connectivity index (χ1n) is 2.65. The van der Waals surface area contributed by atoms with E-state index < -0.39 is 0 Å². The molecule has 0 fully saturated rings. The van der Waals surface area contributed by atoms with Crippen LogP contribution in [0, 0.1) is 4.91 Å². The summed E-state index contributed by atoms with van der Waals surface area (Å²) in [7, 11) is 0. The highest BCUT2D eigenvalue weighted by Gasteiger charge is 2.14. The van der Waals surface area contributed by atoms with Crippen molar-refractivity contribution in [3.63, 3.8) is 0 Å². The van der Waals surface area contributed by atoms with E-state index in [0.29, 0.717) is 11.3 Å². The smallest absolute Gasteiger partial charge is 0.294 e. The third-order valence-corrected chi connectivity index (χ3v) is 0.991. The number of nitrogens with one attached hydrogen (secondary N) is 1. The predicted octanol–water partition coefficient (Wildman–Crippen LogP) is -0.591. The zero-order valence-corrected chi connectivity index (χ0v) is 4.83. The fraction of sp³-hybridized carbons (Fsp3) is 0.400. The van der Waals surface area contributed by atoms with Gasteiger partial charge in [-0.25, -0.2) is 0 Å². The zero-order valence-electron chi connectivity index (χ0n) is 4.83. The number of nitrogens with zero attached hydrogens (tertiary/aromatic N) is 1. The van der Waals surface area contributed by atoms with Crippen molar-refractivity contribution >= 4 is 5.91 Å². The van der Waals surface area contributed by atoms with E-state index in [1.54, 1.807) is 6.08 Å². The van der Waals surface area contributed by atoms with Crippen LogP contribution in [-0.4, -0.2) is 23.8 Å². The Hall–Kier alpha value is -1.19. The molecule has 0 aliphatic carbocycles. The molecule has 0 saturated heterocycles. The molecule has 0 aromatic rings. The summed E-state index contributed by atoms with van der Waals surface area (Å²) in [4.78, 5) is 21.0. The molecular weight excluding hydrogens is 120 g/mol. The van der Waals surface area contributed by atoms with Crippen LogP contribution in [0.4, 0.5) is 0 Å². The summed E-state index contributed by atoms with van der Waals surface area (Å²) in [6.45, 7) is 0.228. The molecule has 4 nitrogen and oxygen atoms in total. The molecule has 1 rings (SSSR count). The number of nitroso groups, excluding NO2 is 1. The Kier molecular flexibility index (Phi) is 1.58. The van der Waals surface area contributed by atoms with Gasteiger partial charge in [0.15, 0.2) is 0 Å². The molecule has 0 bridgehead atoms. The Balaban J connectivity index is 2.60. The molecule has 0 radical (unpaired) electrons. The van der Waals surface area contributed by atoms with Crippen molar-refractivity contribution in [3.05, 3.63) is 17.2 Å². The molecule has 4 heteroatoms. The fourth-order valence-electron chi connectivity index (χ4n) is 0.593. The van der Waals surface area contributed by atoms with Gasteiger partial charge in [0.2, 0.25) is 6.54 Å². The van der Waals surface area contributed by atoms with Gasteiger partial charge in [-0.2, -0.15) is 0 Å². The first kappa shape index (κ1) is 5.94. The van der Waals surface area contributed by atoms with Gasteiger partial charge in [0, 0.05) is 21.9 Å². The van der Waals surface area contributed by atoms with Gasteiger partial charge in [-0.15, -0.1) is 0 Å². The molecule has 1 amide bonds. The lowest BCUT2D eigenvalue weighted by Gasteiger charge is -1.85. The molecule has 0 atom stereocenters. The SMILES string of the molecule is O=C1C[N+](=O)CC=CN1. The van der Waals surface area contributed by atoms with Crippen LogP contribution in [-0.2, 0) is 4.79 Å². The van der Waals surface area contributed by atoms with Gasteiger partial charge in [0.05, 0.1) is 0 Å². The lowest BCUT2D eigenvalue weighted by Crippen LogP contribution is -2.24. The van der Waals surface area contributed by atoms with Gasteiger partial charge in [-0.05, 0) is 0 Å². The lowest BCUT2D eigenvalue weighted by atomic mass is 10.6. The summed E-state index contributed by atoms with van der Waals surface area (Å²) >= 11 is 0. The Labute approximate surface area is 52.1 Å². The van der Waals surface area contributed by atoms with Gasteiger partial charge in [-0.3, -0.25) is 4.79 Å². The van der Waals surface area contributed by atoms with Crippen LogP contribution in [0.3, 0.4) is 0 Å². The van der Waals surface area contributed by atoms with Crippen molar-refractivity contribution in [2.75, 3.05) is 13.1 Å². The van der Waals surface area contributed by atoms with E-state index in [1.807, 2.05) is 0 Å². The third-order valence-electron chi connectivity index (χ3n) is 0.991. The Bertz CT molecular complexity index is 156. The highest BCUT2D eigenvalue weighted by atomic mass is 16.3. The summed E-state index contributed by atoms with van der Waals surface area (Å²) in [5.74, 6) is -0.251. The fourth-order valence-corrected chi connectivity index (χ4v) is 0.593. The number of hydrogen-bond acceptors (Lipinski definition) is 2. The van der Waals surface area contributed by atoms with Crippen LogP contribution in [0.15, 0.2) is 12.3 Å². The van der Waals surface area contributed by atoms with Gasteiger partial charge in [0.1, 0.15) is 0 Å². The van der Waals surface area contributed by atoms with Gasteiger partial charge in [0.25, 0.3) is 12.5 Å². The number of hydrogen-bond donors (Lipinski definition) is 1. The minimum atomic E-state index is -0.251. The third kappa shape index (κ3) is 1.64. The normalized spacial score (nSPS) is 19.1. The van der Waals surface area contributed by atoms with E-state index in [1.165, 1.54) is 6.20 Å². The molecule has 0 aromatic carbocycles. The number of rotatable bonds is 0. The second-order valence-corrected chi connectivity index (χ2v) is 1.79. The molecule has 0 spiro atoms. The zero-order chi connectivity index (χ0) is 6.69. The van der Waals surface area contributed by atoms with Crippen LogP contribution in [0.5, 0.6) is 0 Å². The molecule has 1 N–H and O–H groups in total. The van der Waals surface area contributed by atoms with E-state index in [2.05, 4.69) is 5.32 Å². The molecule has 1 aliphatic rings. The van der Waals surface area contributed by atoms with Crippen LogP contribution in [0.2, 0.25) is 0 Å². The lowest BCUT2D eigenvalue weighted by molar-refractivity contribution is -0.526. The molecule has 48 valence electrons. The average Bonchev–Trinajstić information content (AvgIpc) is 1.93. The predicted molar refractivity (Wildman–Crippen MR) is 30.6 cm³/mol. The van der Waals surface area contributed by atoms with Crippen molar-refractivity contribution in [3.8, 4) is 0 Å². The summed E-state index contributed by atoms with van der Waals surface area (Å²) in [5, 5.41) is 2.41. The molecule has 1 heterocycles. The molecular formula is C5H7N2O2+. The Morgan fingerprint density at radius 1 is 1.67 bits per heavy atom. The minimum Gasteiger partial charge on any atom is -0.327 e. The van der Waals surface area contributed by atoms with Crippen LogP contribution in [0.25, 0.3) is 0 Å². The summed E-state index contributed by atoms with van der Waals surface area (Å²) in [5.41, 5.74) is 0. The van der Waals surface area contributed by atoms with Gasteiger partial charge >= 0.3 is 0 Å². The van der Waals surface area contributed by atoms with E-state index >= 15 is 0 Å². The van der Waals surface area contributed by atoms with Crippen LogP contribution >= 0.6 is 0 Å². The van der Waals surface area contributed by atoms with Crippen molar-refractivity contribution < 1.29 is 9.55 Å². The molecule has 0 aromatic heterocycles. The van der Waals surface area contributed by atoms with Crippen LogP contribution in [0.1, 0.15) is 0 Å². The van der Waals surface area contributed by atoms with E-state index in [4.69, 9.17) is 0 Å². The second-order valence-electron chi connectivity index (χ2n) is 1.79. The standard InChI is InChI=1S/C5H6N2O2/c8-5-4-7(9)3-1-2-6-5/h1-2H,3-4H2/p+1. The van der Waals surface area contributed by atoms with E-state index in [0.717, 1.165) is 0 Å². The van der Waals surface area contributed by atoms with Gasteiger partial charge in [-0.1, -0.05) is 0 Å². The number of carbonyl (C=O) groups excluding carboxylic acids is 1. The summed E-state index contributed by atoms with van der Waals surface area (Å²) < 4.78 is 0.693. The van der Waals surface area contributed by atoms with Crippen molar-refractivity contribution in [2.45, 2.75) is 0 Å². The maximum Gasteiger partial charge on any atom is 0.294 e. The largest absolute Gasteiger partial charge is 0.327 e. The van der Waals surface area contributed by atoms with Gasteiger partial charge < -0.3 is 5.32 Å². The number of carbonyl (C=O) groups is 1. The molecule has 9 heavy (non-hydrogen) atoms. The van der Waals surface area contributed by atoms with Crippen molar-refractivity contribution in [1.82, 2.24) is 5.32 Å². The minimum absolute atomic E-state index is 0.0625. The monoisotopic (exact) mass is 127 g/mol. The van der Waals surface area contributed by atoms with Crippen LogP contribution < -0.4 is 5.32 Å². The quantitative estimate of drug-likeness (QED) is 0.442. The summed E-state index contributed by atoms with van der Waals surface area (Å²) in [6.07, 6.45) is 3.10. The highest BCUT2D eigenvalue weighted by Crippen LogP contribution is 1.82. The maximum absolute atomic E-state index is 10.5. The number of amides is 1. The first-order chi connectivity index (χ1) is 4.29. The topological polar surface area (TPSA) is 49.2 Å². The van der Waals surface area contributed by atoms with E-state index in [-0.39, 0.29) is 12.5 Å². The summed E-state index contributed by atoms with van der Waals surface area (Å²) in [6, 6.07) is 0. The van der Waals surface area contributed by atoms with E-state index in [9.17, 15) is 9.70 Å². The van der Waals surface area contributed by atoms with Crippen molar-refractivity contribution in [2.24, 2.45) is 0 Å². The molecule has 0 unspecified atom stereocenters. The molecule has 0 saturated carbocycles. The second kappa shape index (κ2) is 2.39. The van der Waals surface area contributed by atoms with Crippen molar-refractivity contribution in [1.29, 1.82) is 0 Å². The first-order valence-corrected chi connectivity index (χ1v) is 2.65.